The summed E-state index contributed by atoms with van der Waals surface area (Å²) in [6, 6.07) is 2.32. The van der Waals surface area contributed by atoms with Crippen LogP contribution in [0.1, 0.15) is 62.8 Å². The fourth-order valence-corrected chi connectivity index (χ4v) is 5.50. The average Bonchev–Trinajstić information content (AvgIpc) is 3.25. The molecule has 1 aliphatic carbocycles. The molecule has 0 spiro atoms. The third-order valence-corrected chi connectivity index (χ3v) is 6.93. The molecule has 4 rings (SSSR count). The Balaban J connectivity index is 1.40. The van der Waals surface area contributed by atoms with E-state index in [1.807, 2.05) is 20.8 Å². The number of carbonyl (C=O) groups is 1. The van der Waals surface area contributed by atoms with E-state index >= 15 is 0 Å². The van der Waals surface area contributed by atoms with Crippen molar-refractivity contribution in [3.8, 4) is 11.9 Å². The summed E-state index contributed by atoms with van der Waals surface area (Å²) < 4.78 is 11.7. The maximum atomic E-state index is 12.2. The number of amides is 1. The van der Waals surface area contributed by atoms with Crippen LogP contribution in [0.5, 0.6) is 5.88 Å². The first-order chi connectivity index (χ1) is 14.4. The van der Waals surface area contributed by atoms with E-state index in [1.165, 1.54) is 10.4 Å². The highest BCUT2D eigenvalue weighted by molar-refractivity contribution is 7.19. The van der Waals surface area contributed by atoms with Gasteiger partial charge in [0.05, 0.1) is 18.1 Å². The molecule has 2 aromatic heterocycles. The molecular weight excluding hydrogens is 400 g/mol. The number of hydrogen-bond acceptors (Lipinski definition) is 7. The monoisotopic (exact) mass is 428 g/mol. The Bertz CT molecular complexity index is 967. The lowest BCUT2D eigenvalue weighted by molar-refractivity contribution is 0.0164. The Hall–Kier alpha value is -2.40. The maximum absolute atomic E-state index is 12.2. The summed E-state index contributed by atoms with van der Waals surface area (Å²) in [7, 11) is 0. The van der Waals surface area contributed by atoms with Crippen LogP contribution in [0, 0.1) is 17.2 Å². The van der Waals surface area contributed by atoms with Crippen molar-refractivity contribution in [1.29, 1.82) is 5.26 Å². The van der Waals surface area contributed by atoms with Crippen molar-refractivity contribution >= 4 is 27.6 Å². The van der Waals surface area contributed by atoms with Crippen LogP contribution in [-0.2, 0) is 11.2 Å². The van der Waals surface area contributed by atoms with Crippen molar-refractivity contribution in [1.82, 2.24) is 14.9 Å². The molecule has 8 heteroatoms. The van der Waals surface area contributed by atoms with Crippen LogP contribution < -0.4 is 4.74 Å². The normalized spacial score (nSPS) is 19.5. The molecule has 160 valence electrons. The zero-order valence-electron chi connectivity index (χ0n) is 17.8. The van der Waals surface area contributed by atoms with E-state index in [-0.39, 0.29) is 12.0 Å². The first-order valence-electron chi connectivity index (χ1n) is 10.6. The molecule has 7 nitrogen and oxygen atoms in total. The van der Waals surface area contributed by atoms with Crippen LogP contribution in [0.3, 0.4) is 0 Å². The first-order valence-corrected chi connectivity index (χ1v) is 11.4. The van der Waals surface area contributed by atoms with Gasteiger partial charge in [0.25, 0.3) is 0 Å². The molecule has 1 saturated heterocycles. The maximum Gasteiger partial charge on any atom is 0.410 e. The van der Waals surface area contributed by atoms with Gasteiger partial charge in [0.2, 0.25) is 5.88 Å². The van der Waals surface area contributed by atoms with Crippen LogP contribution in [0.4, 0.5) is 4.79 Å². The summed E-state index contributed by atoms with van der Waals surface area (Å²) in [5.41, 5.74) is 0.756. The molecule has 1 aliphatic heterocycles. The van der Waals surface area contributed by atoms with E-state index in [2.05, 4.69) is 16.0 Å². The lowest BCUT2D eigenvalue weighted by Gasteiger charge is -2.33. The Kier molecular flexibility index (Phi) is 5.83. The van der Waals surface area contributed by atoms with Crippen LogP contribution >= 0.6 is 11.3 Å². The van der Waals surface area contributed by atoms with Crippen molar-refractivity contribution in [2.24, 2.45) is 5.92 Å². The molecule has 1 amide bonds. The molecule has 0 N–H and O–H groups in total. The summed E-state index contributed by atoms with van der Waals surface area (Å²) in [4.78, 5) is 25.2. The minimum absolute atomic E-state index is 0.239. The smallest absolute Gasteiger partial charge is 0.410 e. The van der Waals surface area contributed by atoms with Gasteiger partial charge in [-0.15, -0.1) is 11.3 Å². The summed E-state index contributed by atoms with van der Waals surface area (Å²) >= 11 is 1.70. The molecular formula is C22H28N4O3S. The number of aryl methyl sites for hydroxylation is 1. The van der Waals surface area contributed by atoms with Gasteiger partial charge in [0.15, 0.2) is 0 Å². The summed E-state index contributed by atoms with van der Waals surface area (Å²) in [5.74, 6) is 1.26. The molecule has 30 heavy (non-hydrogen) atoms. The Morgan fingerprint density at radius 2 is 2.07 bits per heavy atom. The van der Waals surface area contributed by atoms with Crippen LogP contribution in [0.25, 0.3) is 10.2 Å². The van der Waals surface area contributed by atoms with Crippen molar-refractivity contribution in [3.63, 3.8) is 0 Å². The predicted octanol–water partition coefficient (Wildman–Crippen LogP) is 4.66. The quantitative estimate of drug-likeness (QED) is 0.704. The van der Waals surface area contributed by atoms with Gasteiger partial charge in [-0.3, -0.25) is 0 Å². The second-order valence-corrected chi connectivity index (χ2v) is 10.2. The lowest BCUT2D eigenvalue weighted by atomic mass is 9.97. The van der Waals surface area contributed by atoms with Gasteiger partial charge in [0, 0.05) is 24.4 Å². The average molecular weight is 429 g/mol. The van der Waals surface area contributed by atoms with Gasteiger partial charge in [0.1, 0.15) is 16.8 Å². The standard InChI is InChI=1S/C22H28N4O3S/c1-22(2,3)29-21(27)26-10-7-14(8-11-26)12-28-19-18-17-15(6-9-23)4-5-16(17)30-20(18)25-13-24-19/h13-15H,4-8,10-12H2,1-3H3/t15-/m1/s1. The number of thiophene rings is 1. The molecule has 1 fully saturated rings. The number of aromatic nitrogens is 2. The highest BCUT2D eigenvalue weighted by Gasteiger charge is 2.31. The molecule has 0 unspecified atom stereocenters. The zero-order chi connectivity index (χ0) is 21.3. The summed E-state index contributed by atoms with van der Waals surface area (Å²) in [6.07, 6.45) is 5.63. The summed E-state index contributed by atoms with van der Waals surface area (Å²) in [6.45, 7) is 7.59. The van der Waals surface area contributed by atoms with Crippen LogP contribution in [-0.4, -0.2) is 46.3 Å². The first kappa shape index (κ1) is 20.9. The third-order valence-electron chi connectivity index (χ3n) is 5.76. The molecule has 0 aromatic carbocycles. The minimum Gasteiger partial charge on any atom is -0.477 e. The Morgan fingerprint density at radius 3 is 2.77 bits per heavy atom. The lowest BCUT2D eigenvalue weighted by Crippen LogP contribution is -2.42. The topological polar surface area (TPSA) is 88.3 Å². The zero-order valence-corrected chi connectivity index (χ0v) is 18.6. The predicted molar refractivity (Wildman–Crippen MR) is 115 cm³/mol. The van der Waals surface area contributed by atoms with Crippen molar-refractivity contribution in [3.05, 3.63) is 16.8 Å². The van der Waals surface area contributed by atoms with Gasteiger partial charge in [-0.1, -0.05) is 0 Å². The van der Waals surface area contributed by atoms with E-state index in [1.54, 1.807) is 22.6 Å². The van der Waals surface area contributed by atoms with E-state index in [9.17, 15) is 10.1 Å². The van der Waals surface area contributed by atoms with Gasteiger partial charge in [-0.2, -0.15) is 5.26 Å². The summed E-state index contributed by atoms with van der Waals surface area (Å²) in [5, 5.41) is 10.2. The molecule has 1 atom stereocenters. The number of hydrogen-bond donors (Lipinski definition) is 0. The fraction of sp³-hybridized carbons (Fsp3) is 0.636. The van der Waals surface area contributed by atoms with Gasteiger partial charge >= 0.3 is 6.09 Å². The van der Waals surface area contributed by atoms with Gasteiger partial charge in [-0.05, 0) is 63.9 Å². The number of rotatable bonds is 4. The number of ether oxygens (including phenoxy) is 2. The van der Waals surface area contributed by atoms with Gasteiger partial charge in [-0.25, -0.2) is 14.8 Å². The molecule has 3 heterocycles. The number of nitriles is 1. The number of piperidine rings is 1. The molecule has 2 aromatic rings. The number of fused-ring (bicyclic) bond motifs is 3. The van der Waals surface area contributed by atoms with Crippen molar-refractivity contribution in [2.45, 2.75) is 64.4 Å². The molecule has 0 bridgehead atoms. The van der Waals surface area contributed by atoms with Gasteiger partial charge < -0.3 is 14.4 Å². The fourth-order valence-electron chi connectivity index (χ4n) is 4.27. The number of likely N-dealkylation sites (tertiary alicyclic amines) is 1. The number of carbonyl (C=O) groups excluding carboxylic acids is 1. The third kappa shape index (κ3) is 4.36. The SMILES string of the molecule is CC(C)(C)OC(=O)N1CCC(COc2ncnc3sc4c(c23)[C@@H](CC#N)CC4)CC1. The van der Waals surface area contributed by atoms with Crippen molar-refractivity contribution < 1.29 is 14.3 Å². The van der Waals surface area contributed by atoms with E-state index in [0.717, 1.165) is 35.9 Å². The minimum atomic E-state index is -0.473. The molecule has 2 aliphatic rings. The van der Waals surface area contributed by atoms with Crippen LogP contribution in [0.2, 0.25) is 0 Å². The largest absolute Gasteiger partial charge is 0.477 e. The molecule has 0 radical (unpaired) electrons. The highest BCUT2D eigenvalue weighted by Crippen LogP contribution is 2.47. The number of nitrogens with zero attached hydrogens (tertiary/aromatic N) is 4. The Morgan fingerprint density at radius 1 is 1.30 bits per heavy atom. The highest BCUT2D eigenvalue weighted by atomic mass is 32.1. The van der Waals surface area contributed by atoms with Crippen molar-refractivity contribution in [2.75, 3.05) is 19.7 Å². The Labute approximate surface area is 181 Å². The van der Waals surface area contributed by atoms with Crippen LogP contribution in [0.15, 0.2) is 6.33 Å². The second-order valence-electron chi connectivity index (χ2n) is 9.12. The van der Waals surface area contributed by atoms with E-state index < -0.39 is 5.60 Å². The van der Waals surface area contributed by atoms with E-state index in [0.29, 0.717) is 37.9 Å². The second kappa shape index (κ2) is 8.38. The molecule has 0 saturated carbocycles. The van der Waals surface area contributed by atoms with E-state index in [4.69, 9.17) is 9.47 Å².